The maximum atomic E-state index is 5.39. The lowest BCUT2D eigenvalue weighted by Crippen LogP contribution is -2.38. The molecule has 8 heteroatoms. The Bertz CT molecular complexity index is 891. The first-order valence-electron chi connectivity index (χ1n) is 9.68. The van der Waals surface area contributed by atoms with Crippen molar-refractivity contribution in [2.24, 2.45) is 0 Å². The zero-order chi connectivity index (χ0) is 19.2. The van der Waals surface area contributed by atoms with Gasteiger partial charge in [0.05, 0.1) is 31.6 Å². The van der Waals surface area contributed by atoms with Crippen LogP contribution in [0.25, 0.3) is 11.4 Å². The molecule has 0 radical (unpaired) electrons. The van der Waals surface area contributed by atoms with Crippen molar-refractivity contribution >= 4 is 11.5 Å². The third-order valence-corrected chi connectivity index (χ3v) is 4.73. The number of hydrogen-bond donors (Lipinski definition) is 1. The number of hydrogen-bond acceptors (Lipinski definition) is 7. The fourth-order valence-corrected chi connectivity index (χ4v) is 3.14. The van der Waals surface area contributed by atoms with Crippen LogP contribution in [0.5, 0.6) is 0 Å². The average molecular weight is 379 g/mol. The Morgan fingerprint density at radius 1 is 1.11 bits per heavy atom. The van der Waals surface area contributed by atoms with Crippen molar-refractivity contribution in [3.63, 3.8) is 0 Å². The molecule has 0 saturated carbocycles. The van der Waals surface area contributed by atoms with Crippen LogP contribution in [0.15, 0.2) is 43.0 Å². The van der Waals surface area contributed by atoms with Gasteiger partial charge in [-0.3, -0.25) is 14.6 Å². The predicted molar refractivity (Wildman–Crippen MR) is 107 cm³/mol. The van der Waals surface area contributed by atoms with Crippen LogP contribution < -0.4 is 5.32 Å². The second kappa shape index (κ2) is 8.90. The Hall–Kier alpha value is -2.84. The zero-order valence-corrected chi connectivity index (χ0v) is 16.1. The van der Waals surface area contributed by atoms with Crippen LogP contribution in [0.1, 0.15) is 12.6 Å². The molecule has 0 aliphatic carbocycles. The first-order valence-corrected chi connectivity index (χ1v) is 9.68. The zero-order valence-electron chi connectivity index (χ0n) is 16.1. The number of pyridine rings is 1. The van der Waals surface area contributed by atoms with Crippen molar-refractivity contribution in [3.05, 3.63) is 48.7 Å². The van der Waals surface area contributed by atoms with E-state index in [1.54, 1.807) is 12.4 Å². The Balaban J connectivity index is 1.44. The van der Waals surface area contributed by atoms with Gasteiger partial charge in [-0.1, -0.05) is 6.92 Å². The molecule has 1 saturated heterocycles. The lowest BCUT2D eigenvalue weighted by atomic mass is 10.2. The van der Waals surface area contributed by atoms with Crippen molar-refractivity contribution in [2.45, 2.75) is 19.9 Å². The van der Waals surface area contributed by atoms with E-state index in [9.17, 15) is 0 Å². The minimum Gasteiger partial charge on any atom is -0.379 e. The van der Waals surface area contributed by atoms with Gasteiger partial charge < -0.3 is 10.1 Å². The van der Waals surface area contributed by atoms with Gasteiger partial charge in [-0.15, -0.1) is 0 Å². The van der Waals surface area contributed by atoms with Gasteiger partial charge in [0.2, 0.25) is 0 Å². The van der Waals surface area contributed by atoms with Gasteiger partial charge in [-0.05, 0) is 18.6 Å². The monoisotopic (exact) mass is 379 g/mol. The molecule has 1 aliphatic rings. The van der Waals surface area contributed by atoms with Crippen LogP contribution >= 0.6 is 0 Å². The number of rotatable bonds is 7. The first-order chi connectivity index (χ1) is 13.8. The maximum Gasteiger partial charge on any atom is 0.161 e. The van der Waals surface area contributed by atoms with Crippen LogP contribution in [-0.2, 0) is 17.7 Å². The van der Waals surface area contributed by atoms with E-state index < -0.39 is 0 Å². The molecule has 146 valence electrons. The molecule has 8 nitrogen and oxygen atoms in total. The van der Waals surface area contributed by atoms with Gasteiger partial charge in [-0.2, -0.15) is 5.10 Å². The SMILES string of the molecule is CCc1cc(Nc2cnn(CCN3CCOCC3)c2)nc(-c2ccncc2)n1. The molecule has 1 N–H and O–H groups in total. The second-order valence-electron chi connectivity index (χ2n) is 6.73. The summed E-state index contributed by atoms with van der Waals surface area (Å²) in [5.41, 5.74) is 2.86. The van der Waals surface area contributed by atoms with Crippen LogP contribution in [0, 0.1) is 0 Å². The molecule has 0 bridgehead atoms. The van der Waals surface area contributed by atoms with Crippen molar-refractivity contribution in [1.82, 2.24) is 29.6 Å². The van der Waals surface area contributed by atoms with Gasteiger partial charge >= 0.3 is 0 Å². The van der Waals surface area contributed by atoms with Crippen LogP contribution in [0.4, 0.5) is 11.5 Å². The number of aryl methyl sites for hydroxylation is 1. The van der Waals surface area contributed by atoms with Crippen molar-refractivity contribution in [1.29, 1.82) is 0 Å². The molecule has 28 heavy (non-hydrogen) atoms. The Morgan fingerprint density at radius 2 is 1.93 bits per heavy atom. The molecule has 4 rings (SSSR count). The van der Waals surface area contributed by atoms with E-state index in [0.717, 1.165) is 68.6 Å². The van der Waals surface area contributed by atoms with Crippen molar-refractivity contribution in [2.75, 3.05) is 38.2 Å². The molecule has 0 spiro atoms. The fourth-order valence-electron chi connectivity index (χ4n) is 3.14. The van der Waals surface area contributed by atoms with E-state index >= 15 is 0 Å². The number of nitrogens with zero attached hydrogens (tertiary/aromatic N) is 6. The first kappa shape index (κ1) is 18.5. The van der Waals surface area contributed by atoms with Crippen molar-refractivity contribution in [3.8, 4) is 11.4 Å². The molecule has 0 amide bonds. The molecule has 1 aliphatic heterocycles. The highest BCUT2D eigenvalue weighted by atomic mass is 16.5. The summed E-state index contributed by atoms with van der Waals surface area (Å²) >= 11 is 0. The fraction of sp³-hybridized carbons (Fsp3) is 0.400. The number of nitrogens with one attached hydrogen (secondary N) is 1. The smallest absolute Gasteiger partial charge is 0.161 e. The summed E-state index contributed by atoms with van der Waals surface area (Å²) in [5, 5.41) is 7.83. The van der Waals surface area contributed by atoms with Gasteiger partial charge in [0.25, 0.3) is 0 Å². The molecule has 4 heterocycles. The summed E-state index contributed by atoms with van der Waals surface area (Å²) in [6.45, 7) is 7.54. The Kier molecular flexibility index (Phi) is 5.89. The van der Waals surface area contributed by atoms with E-state index in [4.69, 9.17) is 4.74 Å². The van der Waals surface area contributed by atoms with E-state index in [1.807, 2.05) is 35.3 Å². The molecule has 0 unspecified atom stereocenters. The lowest BCUT2D eigenvalue weighted by molar-refractivity contribution is 0.0360. The highest BCUT2D eigenvalue weighted by Gasteiger charge is 2.11. The summed E-state index contributed by atoms with van der Waals surface area (Å²) < 4.78 is 7.35. The average Bonchev–Trinajstić information content (AvgIpc) is 3.20. The standard InChI is InChI=1S/C20H25N7O/c1-2-17-13-19(25-20(24-17)16-3-5-21-6-4-16)23-18-14-22-27(15-18)8-7-26-9-11-28-12-10-26/h3-6,13-15H,2,7-12H2,1H3,(H,23,24,25). The van der Waals surface area contributed by atoms with E-state index in [1.165, 1.54) is 0 Å². The third kappa shape index (κ3) is 4.71. The molecule has 0 atom stereocenters. The number of ether oxygens (including phenoxy) is 1. The number of aromatic nitrogens is 5. The highest BCUT2D eigenvalue weighted by Crippen LogP contribution is 2.20. The summed E-state index contributed by atoms with van der Waals surface area (Å²) in [6.07, 6.45) is 8.19. The number of morpholine rings is 1. The number of anilines is 2. The van der Waals surface area contributed by atoms with Gasteiger partial charge in [-0.25, -0.2) is 9.97 Å². The van der Waals surface area contributed by atoms with E-state index in [2.05, 4.69) is 37.2 Å². The predicted octanol–water partition coefficient (Wildman–Crippen LogP) is 2.37. The second-order valence-corrected chi connectivity index (χ2v) is 6.73. The molecular weight excluding hydrogens is 354 g/mol. The van der Waals surface area contributed by atoms with Crippen molar-refractivity contribution < 1.29 is 4.74 Å². The van der Waals surface area contributed by atoms with Crippen LogP contribution in [0.2, 0.25) is 0 Å². The highest BCUT2D eigenvalue weighted by molar-refractivity contribution is 5.60. The lowest BCUT2D eigenvalue weighted by Gasteiger charge is -2.26. The minimum absolute atomic E-state index is 0.698. The largest absolute Gasteiger partial charge is 0.379 e. The minimum atomic E-state index is 0.698. The van der Waals surface area contributed by atoms with Crippen LogP contribution in [0.3, 0.4) is 0 Å². The summed E-state index contributed by atoms with van der Waals surface area (Å²) in [7, 11) is 0. The van der Waals surface area contributed by atoms with Gasteiger partial charge in [0.15, 0.2) is 5.82 Å². The maximum absolute atomic E-state index is 5.39. The quantitative estimate of drug-likeness (QED) is 0.675. The molecule has 0 aromatic carbocycles. The van der Waals surface area contributed by atoms with E-state index in [-0.39, 0.29) is 0 Å². The normalized spacial score (nSPS) is 14.9. The summed E-state index contributed by atoms with van der Waals surface area (Å²) in [4.78, 5) is 15.8. The Labute approximate surface area is 164 Å². The topological polar surface area (TPSA) is 81.0 Å². The van der Waals surface area contributed by atoms with Crippen LogP contribution in [-0.4, -0.2) is 62.5 Å². The molecule has 3 aromatic rings. The molecule has 3 aromatic heterocycles. The Morgan fingerprint density at radius 3 is 2.71 bits per heavy atom. The molecular formula is C20H25N7O. The third-order valence-electron chi connectivity index (χ3n) is 4.73. The summed E-state index contributed by atoms with van der Waals surface area (Å²) in [6, 6.07) is 5.82. The van der Waals surface area contributed by atoms with Gasteiger partial charge in [0, 0.05) is 55.5 Å². The van der Waals surface area contributed by atoms with E-state index in [0.29, 0.717) is 5.82 Å². The van der Waals surface area contributed by atoms with Gasteiger partial charge in [0.1, 0.15) is 5.82 Å². The molecule has 1 fully saturated rings. The summed E-state index contributed by atoms with van der Waals surface area (Å²) in [5.74, 6) is 1.47.